The van der Waals surface area contributed by atoms with E-state index in [1.807, 2.05) is 24.3 Å². The van der Waals surface area contributed by atoms with Gasteiger partial charge in [-0.15, -0.1) is 0 Å². The third kappa shape index (κ3) is 2.30. The van der Waals surface area contributed by atoms with Crippen molar-refractivity contribution in [2.45, 2.75) is 28.6 Å². The van der Waals surface area contributed by atoms with E-state index >= 15 is 0 Å². The van der Waals surface area contributed by atoms with Crippen molar-refractivity contribution in [2.75, 3.05) is 7.11 Å². The average Bonchev–Trinajstić information content (AvgIpc) is 3.15. The highest BCUT2D eigenvalue weighted by Gasteiger charge is 2.19. The van der Waals surface area contributed by atoms with E-state index in [2.05, 4.69) is 9.97 Å². The second-order valence-electron chi connectivity index (χ2n) is 5.00. The predicted molar refractivity (Wildman–Crippen MR) is 87.1 cm³/mol. The molecule has 22 heavy (non-hydrogen) atoms. The normalized spacial score (nSPS) is 13.5. The molecule has 3 heterocycles. The van der Waals surface area contributed by atoms with Crippen LogP contribution >= 0.6 is 23.1 Å². The van der Waals surface area contributed by atoms with Crippen molar-refractivity contribution in [2.24, 2.45) is 0 Å². The van der Waals surface area contributed by atoms with Crippen LogP contribution in [-0.4, -0.2) is 21.6 Å². The van der Waals surface area contributed by atoms with Gasteiger partial charge < -0.3 is 4.74 Å². The molecule has 5 nitrogen and oxygen atoms in total. The molecule has 0 saturated heterocycles. The van der Waals surface area contributed by atoms with Crippen molar-refractivity contribution in [3.63, 3.8) is 0 Å². The SMILES string of the molecule is COc1ccc(Sc2nc3c(=O)n4c(nc3s2)CCC4)cc1. The fourth-order valence-electron chi connectivity index (χ4n) is 2.54. The summed E-state index contributed by atoms with van der Waals surface area (Å²) >= 11 is 3.02. The molecule has 7 heteroatoms. The maximum absolute atomic E-state index is 12.4. The van der Waals surface area contributed by atoms with Crippen molar-refractivity contribution >= 4 is 33.4 Å². The Balaban J connectivity index is 1.70. The number of benzene rings is 1. The van der Waals surface area contributed by atoms with Crippen LogP contribution in [0, 0.1) is 0 Å². The third-order valence-corrected chi connectivity index (χ3v) is 5.64. The fraction of sp³-hybridized carbons (Fsp3) is 0.267. The highest BCUT2D eigenvalue weighted by molar-refractivity contribution is 8.01. The van der Waals surface area contributed by atoms with Crippen molar-refractivity contribution in [1.29, 1.82) is 0 Å². The molecule has 0 atom stereocenters. The van der Waals surface area contributed by atoms with Gasteiger partial charge in [-0.05, 0) is 30.7 Å². The van der Waals surface area contributed by atoms with Crippen LogP contribution in [0.3, 0.4) is 0 Å². The lowest BCUT2D eigenvalue weighted by molar-refractivity contribution is 0.414. The quantitative estimate of drug-likeness (QED) is 0.738. The van der Waals surface area contributed by atoms with Crippen LogP contribution < -0.4 is 10.3 Å². The molecule has 0 fully saturated rings. The van der Waals surface area contributed by atoms with Crippen molar-refractivity contribution in [3.8, 4) is 5.75 Å². The largest absolute Gasteiger partial charge is 0.497 e. The first kappa shape index (κ1) is 13.8. The van der Waals surface area contributed by atoms with Crippen LogP contribution in [0.2, 0.25) is 0 Å². The summed E-state index contributed by atoms with van der Waals surface area (Å²) in [7, 11) is 1.65. The Morgan fingerprint density at radius 1 is 1.27 bits per heavy atom. The van der Waals surface area contributed by atoms with Gasteiger partial charge in [0.2, 0.25) is 0 Å². The van der Waals surface area contributed by atoms with Crippen LogP contribution in [0.1, 0.15) is 12.2 Å². The molecule has 0 N–H and O–H groups in total. The van der Waals surface area contributed by atoms with Crippen LogP contribution in [0.5, 0.6) is 5.75 Å². The van der Waals surface area contributed by atoms with Gasteiger partial charge in [0.15, 0.2) is 14.7 Å². The Labute approximate surface area is 135 Å². The van der Waals surface area contributed by atoms with Gasteiger partial charge in [-0.2, -0.15) is 0 Å². The van der Waals surface area contributed by atoms with E-state index in [1.165, 1.54) is 11.3 Å². The van der Waals surface area contributed by atoms with Crippen molar-refractivity contribution < 1.29 is 4.74 Å². The first-order valence-corrected chi connectivity index (χ1v) is 8.60. The molecule has 0 aliphatic carbocycles. The molecule has 0 amide bonds. The number of hydrogen-bond acceptors (Lipinski definition) is 6. The number of ether oxygens (including phenoxy) is 1. The molecule has 0 spiro atoms. The lowest BCUT2D eigenvalue weighted by Crippen LogP contribution is -2.20. The number of rotatable bonds is 3. The number of nitrogens with zero attached hydrogens (tertiary/aromatic N) is 3. The van der Waals surface area contributed by atoms with Crippen LogP contribution in [-0.2, 0) is 13.0 Å². The molecule has 0 bridgehead atoms. The van der Waals surface area contributed by atoms with E-state index in [1.54, 1.807) is 23.4 Å². The standard InChI is InChI=1S/C15H13N3O2S2/c1-20-9-4-6-10(7-5-9)21-15-17-12-13(22-15)16-11-3-2-8-18(11)14(12)19/h4-7H,2-3,8H2,1H3. The Kier molecular flexibility index (Phi) is 3.38. The molecule has 1 aromatic carbocycles. The molecule has 4 rings (SSSR count). The van der Waals surface area contributed by atoms with E-state index in [0.29, 0.717) is 5.52 Å². The highest BCUT2D eigenvalue weighted by Crippen LogP contribution is 2.33. The number of fused-ring (bicyclic) bond motifs is 2. The molecule has 2 aromatic heterocycles. The van der Waals surface area contributed by atoms with Crippen LogP contribution in [0.25, 0.3) is 10.3 Å². The van der Waals surface area contributed by atoms with Gasteiger partial charge in [0.1, 0.15) is 11.6 Å². The van der Waals surface area contributed by atoms with Gasteiger partial charge in [0.25, 0.3) is 5.56 Å². The summed E-state index contributed by atoms with van der Waals surface area (Å²) in [6.07, 6.45) is 1.87. The van der Waals surface area contributed by atoms with Gasteiger partial charge in [0, 0.05) is 17.9 Å². The molecule has 112 valence electrons. The van der Waals surface area contributed by atoms with Gasteiger partial charge in [-0.25, -0.2) is 9.97 Å². The van der Waals surface area contributed by atoms with E-state index in [0.717, 1.165) is 45.0 Å². The zero-order valence-electron chi connectivity index (χ0n) is 11.9. The molecule has 3 aromatic rings. The lowest BCUT2D eigenvalue weighted by Gasteiger charge is -2.00. The predicted octanol–water partition coefficient (Wildman–Crippen LogP) is 2.96. The molecule has 1 aliphatic heterocycles. The molecule has 0 saturated carbocycles. The topological polar surface area (TPSA) is 57.0 Å². The maximum atomic E-state index is 12.4. The summed E-state index contributed by atoms with van der Waals surface area (Å²) in [6.45, 7) is 0.760. The van der Waals surface area contributed by atoms with Crippen LogP contribution in [0.15, 0.2) is 38.3 Å². The van der Waals surface area contributed by atoms with Crippen molar-refractivity contribution in [1.82, 2.24) is 14.5 Å². The zero-order valence-corrected chi connectivity index (χ0v) is 13.5. The summed E-state index contributed by atoms with van der Waals surface area (Å²) in [4.78, 5) is 23.3. The van der Waals surface area contributed by atoms with Crippen LogP contribution in [0.4, 0.5) is 0 Å². The molecule has 0 radical (unpaired) electrons. The first-order chi connectivity index (χ1) is 10.7. The smallest absolute Gasteiger partial charge is 0.280 e. The average molecular weight is 331 g/mol. The second-order valence-corrected chi connectivity index (χ2v) is 7.30. The maximum Gasteiger partial charge on any atom is 0.280 e. The van der Waals surface area contributed by atoms with E-state index < -0.39 is 0 Å². The Morgan fingerprint density at radius 2 is 2.09 bits per heavy atom. The number of thiazole rings is 1. The highest BCUT2D eigenvalue weighted by atomic mass is 32.2. The zero-order chi connectivity index (χ0) is 15.1. The Bertz CT molecular complexity index is 900. The van der Waals surface area contributed by atoms with Crippen molar-refractivity contribution in [3.05, 3.63) is 40.4 Å². The van der Waals surface area contributed by atoms with Gasteiger partial charge in [-0.1, -0.05) is 23.1 Å². The molecule has 1 aliphatic rings. The third-order valence-electron chi connectivity index (χ3n) is 3.63. The number of methoxy groups -OCH3 is 1. The molecular formula is C15H13N3O2S2. The van der Waals surface area contributed by atoms with Gasteiger partial charge in [0.05, 0.1) is 7.11 Å². The number of aryl methyl sites for hydroxylation is 1. The summed E-state index contributed by atoms with van der Waals surface area (Å²) in [5, 5.41) is 0. The second kappa shape index (κ2) is 5.40. The summed E-state index contributed by atoms with van der Waals surface area (Å²) in [5.41, 5.74) is 0.488. The fourth-order valence-corrected chi connectivity index (χ4v) is 4.52. The van der Waals surface area contributed by atoms with E-state index in [-0.39, 0.29) is 5.56 Å². The van der Waals surface area contributed by atoms with Gasteiger partial charge in [-0.3, -0.25) is 9.36 Å². The minimum Gasteiger partial charge on any atom is -0.497 e. The summed E-state index contributed by atoms with van der Waals surface area (Å²) in [6, 6.07) is 7.79. The molecular weight excluding hydrogens is 318 g/mol. The summed E-state index contributed by atoms with van der Waals surface area (Å²) in [5.74, 6) is 1.71. The lowest BCUT2D eigenvalue weighted by atomic mass is 10.3. The Morgan fingerprint density at radius 3 is 2.86 bits per heavy atom. The minimum atomic E-state index is -0.00432. The number of hydrogen-bond donors (Lipinski definition) is 0. The van der Waals surface area contributed by atoms with E-state index in [4.69, 9.17) is 4.74 Å². The minimum absolute atomic E-state index is 0.00432. The monoisotopic (exact) mass is 331 g/mol. The molecule has 0 unspecified atom stereocenters. The first-order valence-electron chi connectivity index (χ1n) is 6.97. The van der Waals surface area contributed by atoms with E-state index in [9.17, 15) is 4.79 Å². The van der Waals surface area contributed by atoms with Gasteiger partial charge >= 0.3 is 0 Å². The Hall–Kier alpha value is -1.86. The number of aromatic nitrogens is 3. The summed E-state index contributed by atoms with van der Waals surface area (Å²) < 4.78 is 7.75.